The predicted molar refractivity (Wildman–Crippen MR) is 227 cm³/mol. The molecular weight excluding hydrogens is 671 g/mol. The minimum Gasteiger partial charge on any atom is -0.311 e. The van der Waals surface area contributed by atoms with Crippen LogP contribution in [0, 0.1) is 0 Å². The van der Waals surface area contributed by atoms with Gasteiger partial charge in [0.1, 0.15) is 0 Å². The van der Waals surface area contributed by atoms with Crippen molar-refractivity contribution in [3.63, 3.8) is 0 Å². The van der Waals surface area contributed by atoms with Crippen molar-refractivity contribution in [1.29, 1.82) is 0 Å². The first kappa shape index (κ1) is 32.2. The number of nitrogens with zero attached hydrogens (tertiary/aromatic N) is 5. The Labute approximate surface area is 318 Å². The summed E-state index contributed by atoms with van der Waals surface area (Å²) in [7, 11) is 0. The van der Waals surface area contributed by atoms with Crippen LogP contribution in [0.25, 0.3) is 77.9 Å². The van der Waals surface area contributed by atoms with Crippen LogP contribution in [0.4, 0.5) is 17.1 Å². The van der Waals surface area contributed by atoms with Crippen LogP contribution in [0.1, 0.15) is 0 Å². The van der Waals surface area contributed by atoms with Gasteiger partial charge in [0.25, 0.3) is 0 Å². The summed E-state index contributed by atoms with van der Waals surface area (Å²) in [6.07, 6.45) is 0. The van der Waals surface area contributed by atoms with E-state index in [1.165, 1.54) is 0 Å². The molecule has 2 heterocycles. The molecule has 0 saturated heterocycles. The lowest BCUT2D eigenvalue weighted by molar-refractivity contribution is 1.08. The van der Waals surface area contributed by atoms with Crippen molar-refractivity contribution in [3.05, 3.63) is 200 Å². The van der Waals surface area contributed by atoms with E-state index < -0.39 is 0 Å². The van der Waals surface area contributed by atoms with Crippen molar-refractivity contribution in [1.82, 2.24) is 19.9 Å². The lowest BCUT2D eigenvalue weighted by Gasteiger charge is -2.25. The number of hydrogen-bond acceptors (Lipinski definition) is 5. The van der Waals surface area contributed by atoms with E-state index in [9.17, 15) is 0 Å². The van der Waals surface area contributed by atoms with E-state index in [4.69, 9.17) is 19.9 Å². The van der Waals surface area contributed by atoms with Gasteiger partial charge in [0.15, 0.2) is 17.5 Å². The van der Waals surface area contributed by atoms with Gasteiger partial charge < -0.3 is 4.90 Å². The maximum Gasteiger partial charge on any atom is 0.164 e. The number of pyridine rings is 1. The van der Waals surface area contributed by atoms with Gasteiger partial charge in [-0.05, 0) is 59.3 Å². The predicted octanol–water partition coefficient (Wildman–Crippen LogP) is 12.9. The van der Waals surface area contributed by atoms with E-state index in [1.807, 2.05) is 72.8 Å². The second-order valence-corrected chi connectivity index (χ2v) is 13.5. The lowest BCUT2D eigenvalue weighted by atomic mass is 9.91. The topological polar surface area (TPSA) is 54.8 Å². The number of aromatic nitrogens is 4. The number of hydrogen-bond donors (Lipinski definition) is 0. The molecule has 0 saturated carbocycles. The first-order valence-electron chi connectivity index (χ1n) is 18.4. The van der Waals surface area contributed by atoms with E-state index in [-0.39, 0.29) is 0 Å². The van der Waals surface area contributed by atoms with Gasteiger partial charge in [-0.15, -0.1) is 0 Å². The maximum absolute atomic E-state index is 5.43. The highest BCUT2D eigenvalue weighted by Gasteiger charge is 2.22. The van der Waals surface area contributed by atoms with Crippen molar-refractivity contribution in [2.45, 2.75) is 0 Å². The van der Waals surface area contributed by atoms with E-state index in [1.54, 1.807) is 0 Å². The van der Waals surface area contributed by atoms with Crippen molar-refractivity contribution in [3.8, 4) is 45.4 Å². The zero-order chi connectivity index (χ0) is 36.6. The van der Waals surface area contributed by atoms with Gasteiger partial charge in [0, 0.05) is 55.5 Å². The molecular formula is C50H33N5. The standard InChI is InChI=1S/C50H33N5/c1-5-17-35(18-6-1)48-52-49(36-19-7-2-8-20-36)54-50(53-48)43-33-37-21-13-14-26-41(37)45-42-27-15-16-28-44(42)51-47(46(43)45)34-29-31-40(32-30-34)55(38-22-9-3-10-23-38)39-24-11-4-12-25-39/h1-33H. The molecule has 2 aromatic heterocycles. The Morgan fingerprint density at radius 2 is 0.800 bits per heavy atom. The Bertz CT molecular complexity index is 2840. The van der Waals surface area contributed by atoms with Gasteiger partial charge in [-0.3, -0.25) is 0 Å². The third kappa shape index (κ3) is 5.94. The van der Waals surface area contributed by atoms with Crippen molar-refractivity contribution in [2.75, 3.05) is 4.90 Å². The normalized spacial score (nSPS) is 11.3. The molecule has 0 aliphatic carbocycles. The Morgan fingerprint density at radius 1 is 0.327 bits per heavy atom. The molecule has 0 aliphatic rings. The van der Waals surface area contributed by atoms with Gasteiger partial charge in [0.05, 0.1) is 11.2 Å². The third-order valence-corrected chi connectivity index (χ3v) is 10.1. The molecule has 5 nitrogen and oxygen atoms in total. The largest absolute Gasteiger partial charge is 0.311 e. The average molecular weight is 704 g/mol. The van der Waals surface area contributed by atoms with E-state index >= 15 is 0 Å². The highest BCUT2D eigenvalue weighted by molar-refractivity contribution is 6.26. The van der Waals surface area contributed by atoms with E-state index in [2.05, 4.69) is 132 Å². The fourth-order valence-corrected chi connectivity index (χ4v) is 7.52. The number of para-hydroxylation sites is 3. The summed E-state index contributed by atoms with van der Waals surface area (Å²) in [5.74, 6) is 1.83. The Hall–Kier alpha value is -7.50. The van der Waals surface area contributed by atoms with Crippen LogP contribution >= 0.6 is 0 Å². The summed E-state index contributed by atoms with van der Waals surface area (Å²) < 4.78 is 0. The molecule has 10 aromatic rings. The van der Waals surface area contributed by atoms with Gasteiger partial charge in [-0.1, -0.05) is 152 Å². The number of benzene rings is 8. The van der Waals surface area contributed by atoms with Crippen LogP contribution in [0.2, 0.25) is 0 Å². The molecule has 0 spiro atoms. The molecule has 258 valence electrons. The van der Waals surface area contributed by atoms with Gasteiger partial charge in [-0.2, -0.15) is 0 Å². The summed E-state index contributed by atoms with van der Waals surface area (Å²) in [5.41, 5.74) is 8.77. The number of anilines is 3. The molecule has 0 atom stereocenters. The minimum atomic E-state index is 0.595. The summed E-state index contributed by atoms with van der Waals surface area (Å²) >= 11 is 0. The summed E-state index contributed by atoms with van der Waals surface area (Å²) in [5, 5.41) is 5.45. The Morgan fingerprint density at radius 3 is 1.40 bits per heavy atom. The van der Waals surface area contributed by atoms with Crippen LogP contribution in [-0.4, -0.2) is 19.9 Å². The number of rotatable bonds is 7. The zero-order valence-electron chi connectivity index (χ0n) is 29.8. The van der Waals surface area contributed by atoms with Crippen molar-refractivity contribution >= 4 is 49.5 Å². The SMILES string of the molecule is c1ccc(-c2nc(-c3ccccc3)nc(-c3cc4ccccc4c4c3c(-c3ccc(N(c5ccccc5)c5ccccc5)cc3)nc3ccccc34)n2)cc1. The molecule has 0 aliphatic heterocycles. The van der Waals surface area contributed by atoms with Crippen LogP contribution in [-0.2, 0) is 0 Å². The minimum absolute atomic E-state index is 0.595. The maximum atomic E-state index is 5.43. The molecule has 0 bridgehead atoms. The highest BCUT2D eigenvalue weighted by atomic mass is 15.1. The third-order valence-electron chi connectivity index (χ3n) is 10.1. The first-order valence-corrected chi connectivity index (χ1v) is 18.4. The summed E-state index contributed by atoms with van der Waals surface area (Å²) in [6, 6.07) is 69.1. The van der Waals surface area contributed by atoms with E-state index in [0.717, 1.165) is 77.5 Å². The monoisotopic (exact) mass is 703 g/mol. The molecule has 0 radical (unpaired) electrons. The molecule has 0 unspecified atom stereocenters. The highest BCUT2D eigenvalue weighted by Crippen LogP contribution is 2.44. The molecule has 0 N–H and O–H groups in total. The molecule has 10 rings (SSSR count). The van der Waals surface area contributed by atoms with Crippen LogP contribution in [0.5, 0.6) is 0 Å². The van der Waals surface area contributed by atoms with Gasteiger partial charge in [0.2, 0.25) is 0 Å². The first-order chi connectivity index (χ1) is 27.3. The molecule has 0 fully saturated rings. The number of fused-ring (bicyclic) bond motifs is 5. The van der Waals surface area contributed by atoms with Gasteiger partial charge >= 0.3 is 0 Å². The lowest BCUT2D eigenvalue weighted by Crippen LogP contribution is -2.09. The molecule has 5 heteroatoms. The van der Waals surface area contributed by atoms with Crippen LogP contribution < -0.4 is 4.90 Å². The smallest absolute Gasteiger partial charge is 0.164 e. The van der Waals surface area contributed by atoms with Crippen LogP contribution in [0.3, 0.4) is 0 Å². The van der Waals surface area contributed by atoms with Crippen molar-refractivity contribution < 1.29 is 0 Å². The fraction of sp³-hybridized carbons (Fsp3) is 0. The van der Waals surface area contributed by atoms with Gasteiger partial charge in [-0.25, -0.2) is 19.9 Å². The fourth-order valence-electron chi connectivity index (χ4n) is 7.52. The summed E-state index contributed by atoms with van der Waals surface area (Å²) in [6.45, 7) is 0. The molecule has 55 heavy (non-hydrogen) atoms. The average Bonchev–Trinajstić information content (AvgIpc) is 3.27. The quantitative estimate of drug-likeness (QED) is 0.155. The van der Waals surface area contributed by atoms with E-state index in [0.29, 0.717) is 17.5 Å². The van der Waals surface area contributed by atoms with Crippen molar-refractivity contribution in [2.24, 2.45) is 0 Å². The Balaban J connectivity index is 1.25. The Kier molecular flexibility index (Phi) is 8.08. The zero-order valence-corrected chi connectivity index (χ0v) is 29.8. The summed E-state index contributed by atoms with van der Waals surface area (Å²) in [4.78, 5) is 23.2. The van der Waals surface area contributed by atoms with Crippen LogP contribution in [0.15, 0.2) is 200 Å². The second kappa shape index (κ2) is 13.8. The molecule has 0 amide bonds. The second-order valence-electron chi connectivity index (χ2n) is 13.5. The molecule has 8 aromatic carbocycles.